The Balaban J connectivity index is 1.66. The molecule has 1 aromatic carbocycles. The van der Waals surface area contributed by atoms with Crippen molar-refractivity contribution in [2.75, 3.05) is 6.54 Å². The first-order chi connectivity index (χ1) is 12.5. The molecular weight excluding hydrogens is 353 g/mol. The molecule has 0 radical (unpaired) electrons. The zero-order valence-electron chi connectivity index (χ0n) is 14.1. The van der Waals surface area contributed by atoms with E-state index in [-0.39, 0.29) is 17.3 Å². The summed E-state index contributed by atoms with van der Waals surface area (Å²) in [7, 11) is 0. The van der Waals surface area contributed by atoms with Crippen LogP contribution in [0.1, 0.15) is 26.6 Å². The minimum atomic E-state index is -0.352. The molecule has 0 atom stereocenters. The van der Waals surface area contributed by atoms with Crippen molar-refractivity contribution in [1.29, 1.82) is 0 Å². The van der Waals surface area contributed by atoms with E-state index in [9.17, 15) is 14.0 Å². The summed E-state index contributed by atoms with van der Waals surface area (Å²) in [6.45, 7) is 2.85. The minimum Gasteiger partial charge on any atom is -0.333 e. The largest absolute Gasteiger partial charge is 0.333 e. The summed E-state index contributed by atoms with van der Waals surface area (Å²) in [5, 5.41) is 2.63. The van der Waals surface area contributed by atoms with E-state index < -0.39 is 0 Å². The maximum absolute atomic E-state index is 13.1. The molecule has 0 fully saturated rings. The van der Waals surface area contributed by atoms with Gasteiger partial charge in [-0.1, -0.05) is 0 Å². The van der Waals surface area contributed by atoms with Crippen LogP contribution in [0.3, 0.4) is 0 Å². The van der Waals surface area contributed by atoms with Crippen molar-refractivity contribution in [2.24, 2.45) is 0 Å². The number of fused-ring (bicyclic) bond motifs is 1. The zero-order valence-corrected chi connectivity index (χ0v) is 14.9. The average Bonchev–Trinajstić information content (AvgIpc) is 3.07. The Kier molecular flexibility index (Phi) is 4.16. The van der Waals surface area contributed by atoms with Gasteiger partial charge in [0.1, 0.15) is 11.5 Å². The van der Waals surface area contributed by atoms with Crippen LogP contribution in [-0.2, 0) is 13.0 Å². The van der Waals surface area contributed by atoms with Crippen molar-refractivity contribution in [3.8, 4) is 5.69 Å². The lowest BCUT2D eigenvalue weighted by molar-refractivity contribution is 0.0729. The molecule has 4 rings (SSSR count). The molecule has 7 heteroatoms. The van der Waals surface area contributed by atoms with E-state index in [0.717, 1.165) is 16.1 Å². The SMILES string of the molecule is Cc1nc(C(=O)N2CCc3cc(=O)n(-c4ccc(F)cc4)cc3C2)cs1. The van der Waals surface area contributed by atoms with E-state index >= 15 is 0 Å². The molecule has 1 amide bonds. The van der Waals surface area contributed by atoms with Crippen molar-refractivity contribution in [3.05, 3.63) is 79.9 Å². The maximum Gasteiger partial charge on any atom is 0.273 e. The van der Waals surface area contributed by atoms with E-state index in [2.05, 4.69) is 4.98 Å². The van der Waals surface area contributed by atoms with Gasteiger partial charge in [-0.15, -0.1) is 11.3 Å². The molecule has 0 N–H and O–H groups in total. The number of rotatable bonds is 2. The highest BCUT2D eigenvalue weighted by atomic mass is 32.1. The number of pyridine rings is 1. The van der Waals surface area contributed by atoms with Gasteiger partial charge in [-0.05, 0) is 48.7 Å². The number of thiazole rings is 1. The molecule has 0 saturated carbocycles. The number of amides is 1. The van der Waals surface area contributed by atoms with Crippen molar-refractivity contribution in [3.63, 3.8) is 0 Å². The number of benzene rings is 1. The number of hydrogen-bond acceptors (Lipinski definition) is 4. The van der Waals surface area contributed by atoms with Gasteiger partial charge in [-0.25, -0.2) is 9.37 Å². The number of halogens is 1. The molecule has 0 saturated heterocycles. The van der Waals surface area contributed by atoms with Crippen LogP contribution in [0, 0.1) is 12.7 Å². The van der Waals surface area contributed by atoms with Crippen LogP contribution in [0.15, 0.2) is 46.7 Å². The third-order valence-corrected chi connectivity index (χ3v) is 5.25. The molecule has 3 heterocycles. The Morgan fingerprint density at radius 3 is 2.69 bits per heavy atom. The molecule has 0 bridgehead atoms. The zero-order chi connectivity index (χ0) is 18.3. The fourth-order valence-corrected chi connectivity index (χ4v) is 3.72. The van der Waals surface area contributed by atoms with E-state index in [0.29, 0.717) is 30.9 Å². The first kappa shape index (κ1) is 16.7. The quantitative estimate of drug-likeness (QED) is 0.698. The second-order valence-corrected chi connectivity index (χ2v) is 7.30. The maximum atomic E-state index is 13.1. The van der Waals surface area contributed by atoms with Gasteiger partial charge < -0.3 is 4.90 Å². The number of nitrogens with zero attached hydrogens (tertiary/aromatic N) is 3. The molecule has 0 unspecified atom stereocenters. The fraction of sp³-hybridized carbons (Fsp3) is 0.211. The Labute approximate surface area is 153 Å². The normalized spacial score (nSPS) is 13.5. The van der Waals surface area contributed by atoms with E-state index in [1.807, 2.05) is 6.92 Å². The van der Waals surface area contributed by atoms with Crippen LogP contribution < -0.4 is 5.56 Å². The highest BCUT2D eigenvalue weighted by Gasteiger charge is 2.24. The lowest BCUT2D eigenvalue weighted by Crippen LogP contribution is -2.37. The van der Waals surface area contributed by atoms with Gasteiger partial charge in [0.15, 0.2) is 0 Å². The minimum absolute atomic E-state index is 0.0977. The van der Waals surface area contributed by atoms with Gasteiger partial charge in [0.2, 0.25) is 0 Å². The number of aryl methyl sites for hydroxylation is 1. The summed E-state index contributed by atoms with van der Waals surface area (Å²) < 4.78 is 14.6. The number of hydrogen-bond donors (Lipinski definition) is 0. The first-order valence-corrected chi connectivity index (χ1v) is 9.11. The summed E-state index contributed by atoms with van der Waals surface area (Å²) >= 11 is 1.45. The second-order valence-electron chi connectivity index (χ2n) is 6.24. The van der Waals surface area contributed by atoms with E-state index in [4.69, 9.17) is 0 Å². The van der Waals surface area contributed by atoms with Crippen molar-refractivity contribution in [1.82, 2.24) is 14.5 Å². The molecule has 132 valence electrons. The summed E-state index contributed by atoms with van der Waals surface area (Å²) in [5.41, 5.74) is 2.76. The molecule has 0 spiro atoms. The summed E-state index contributed by atoms with van der Waals surface area (Å²) in [6.07, 6.45) is 2.38. The van der Waals surface area contributed by atoms with E-state index in [1.165, 1.54) is 28.0 Å². The Morgan fingerprint density at radius 1 is 1.23 bits per heavy atom. The van der Waals surface area contributed by atoms with Crippen LogP contribution in [0.5, 0.6) is 0 Å². The molecule has 0 aliphatic carbocycles. The van der Waals surface area contributed by atoms with Crippen LogP contribution in [-0.4, -0.2) is 26.9 Å². The molecule has 1 aliphatic heterocycles. The lowest BCUT2D eigenvalue weighted by Gasteiger charge is -2.28. The number of aromatic nitrogens is 2. The standard InChI is InChI=1S/C19H16FN3O2S/c1-12-21-17(11-26-12)19(25)22-7-6-13-8-18(24)23(10-14(13)9-22)16-4-2-15(20)3-5-16/h2-5,8,10-11H,6-7,9H2,1H3. The number of carbonyl (C=O) groups excluding carboxylic acids is 1. The Hall–Kier alpha value is -2.80. The molecule has 2 aromatic heterocycles. The average molecular weight is 369 g/mol. The predicted molar refractivity (Wildman–Crippen MR) is 97.3 cm³/mol. The van der Waals surface area contributed by atoms with E-state index in [1.54, 1.807) is 34.7 Å². The van der Waals surface area contributed by atoms with Crippen LogP contribution in [0.2, 0.25) is 0 Å². The van der Waals surface area contributed by atoms with Gasteiger partial charge in [0.25, 0.3) is 11.5 Å². The van der Waals surface area contributed by atoms with Gasteiger partial charge in [-0.3, -0.25) is 14.2 Å². The monoisotopic (exact) mass is 369 g/mol. The molecule has 3 aromatic rings. The third kappa shape index (κ3) is 3.06. The van der Waals surface area contributed by atoms with Gasteiger partial charge in [0, 0.05) is 36.4 Å². The smallest absolute Gasteiger partial charge is 0.273 e. The molecular formula is C19H16FN3O2S. The second kappa shape index (κ2) is 6.49. The Bertz CT molecular complexity index is 1040. The van der Waals surface area contributed by atoms with Crippen molar-refractivity contribution < 1.29 is 9.18 Å². The highest BCUT2D eigenvalue weighted by molar-refractivity contribution is 7.09. The van der Waals surface area contributed by atoms with Crippen LogP contribution >= 0.6 is 11.3 Å². The summed E-state index contributed by atoms with van der Waals surface area (Å²) in [4.78, 5) is 31.1. The number of carbonyl (C=O) groups is 1. The van der Waals surface area contributed by atoms with Gasteiger partial charge >= 0.3 is 0 Å². The Morgan fingerprint density at radius 2 is 2.00 bits per heavy atom. The molecule has 1 aliphatic rings. The summed E-state index contributed by atoms with van der Waals surface area (Å²) in [5.74, 6) is -0.449. The molecule has 26 heavy (non-hydrogen) atoms. The van der Waals surface area contributed by atoms with Crippen molar-refractivity contribution in [2.45, 2.75) is 19.9 Å². The predicted octanol–water partition coefficient (Wildman–Crippen LogP) is 2.94. The van der Waals surface area contributed by atoms with Crippen molar-refractivity contribution >= 4 is 17.2 Å². The van der Waals surface area contributed by atoms with Crippen LogP contribution in [0.4, 0.5) is 4.39 Å². The lowest BCUT2D eigenvalue weighted by atomic mass is 10.0. The third-order valence-electron chi connectivity index (χ3n) is 4.47. The topological polar surface area (TPSA) is 55.2 Å². The molecule has 5 nitrogen and oxygen atoms in total. The van der Waals surface area contributed by atoms with Crippen LogP contribution in [0.25, 0.3) is 5.69 Å². The summed E-state index contributed by atoms with van der Waals surface area (Å²) in [6, 6.07) is 7.37. The first-order valence-electron chi connectivity index (χ1n) is 8.23. The highest BCUT2D eigenvalue weighted by Crippen LogP contribution is 2.21. The fourth-order valence-electron chi connectivity index (χ4n) is 3.13. The van der Waals surface area contributed by atoms with Gasteiger partial charge in [0.05, 0.1) is 5.01 Å². The van der Waals surface area contributed by atoms with Gasteiger partial charge in [-0.2, -0.15) is 0 Å².